The Labute approximate surface area is 117 Å². The molecular formula is C16H30N2O. The maximum Gasteiger partial charge on any atom is 0.227 e. The quantitative estimate of drug-likeness (QED) is 0.854. The molecule has 2 aliphatic rings. The van der Waals surface area contributed by atoms with Crippen LogP contribution in [0.15, 0.2) is 0 Å². The predicted octanol–water partition coefficient (Wildman–Crippen LogP) is 2.79. The van der Waals surface area contributed by atoms with Crippen LogP contribution in [0, 0.1) is 17.3 Å². The number of hydrogen-bond donors (Lipinski definition) is 1. The SMILES string of the molecule is CC(C)(C)CC(CN)C(=O)N1CCC2CCCCC21. The molecule has 1 aliphatic heterocycles. The Morgan fingerprint density at radius 2 is 1.95 bits per heavy atom. The minimum absolute atomic E-state index is 0.0145. The van der Waals surface area contributed by atoms with E-state index in [2.05, 4.69) is 25.7 Å². The van der Waals surface area contributed by atoms with E-state index in [1.165, 1.54) is 32.1 Å². The van der Waals surface area contributed by atoms with E-state index < -0.39 is 0 Å². The van der Waals surface area contributed by atoms with E-state index in [4.69, 9.17) is 5.73 Å². The summed E-state index contributed by atoms with van der Waals surface area (Å²) in [6.07, 6.45) is 7.28. The van der Waals surface area contributed by atoms with E-state index in [1.54, 1.807) is 0 Å². The normalized spacial score (nSPS) is 29.2. The molecule has 2 N–H and O–H groups in total. The van der Waals surface area contributed by atoms with Gasteiger partial charge < -0.3 is 10.6 Å². The Bertz CT molecular complexity index is 321. The van der Waals surface area contributed by atoms with E-state index in [1.807, 2.05) is 0 Å². The topological polar surface area (TPSA) is 46.3 Å². The summed E-state index contributed by atoms with van der Waals surface area (Å²) in [6, 6.07) is 0.523. The van der Waals surface area contributed by atoms with Gasteiger partial charge in [-0.05, 0) is 37.0 Å². The summed E-state index contributed by atoms with van der Waals surface area (Å²) in [4.78, 5) is 14.9. The average Bonchev–Trinajstić information content (AvgIpc) is 2.78. The fourth-order valence-electron chi connectivity index (χ4n) is 3.92. The number of rotatable bonds is 3. The van der Waals surface area contributed by atoms with Crippen molar-refractivity contribution >= 4 is 5.91 Å². The molecule has 1 saturated carbocycles. The molecule has 1 saturated heterocycles. The Balaban J connectivity index is 2.01. The zero-order valence-electron chi connectivity index (χ0n) is 12.8. The lowest BCUT2D eigenvalue weighted by atomic mass is 9.82. The van der Waals surface area contributed by atoms with Crippen molar-refractivity contribution in [1.29, 1.82) is 0 Å². The van der Waals surface area contributed by atoms with E-state index in [9.17, 15) is 4.79 Å². The lowest BCUT2D eigenvalue weighted by Gasteiger charge is -2.35. The molecule has 3 unspecified atom stereocenters. The molecular weight excluding hydrogens is 236 g/mol. The van der Waals surface area contributed by atoms with Crippen molar-refractivity contribution in [3.8, 4) is 0 Å². The second-order valence-electron chi connectivity index (χ2n) is 7.63. The summed E-state index contributed by atoms with van der Waals surface area (Å²) >= 11 is 0. The lowest BCUT2D eigenvalue weighted by molar-refractivity contribution is -0.137. The lowest BCUT2D eigenvalue weighted by Crippen LogP contribution is -2.45. The van der Waals surface area contributed by atoms with Gasteiger partial charge in [0.25, 0.3) is 0 Å². The van der Waals surface area contributed by atoms with Gasteiger partial charge in [0.1, 0.15) is 0 Å². The van der Waals surface area contributed by atoms with Gasteiger partial charge in [-0.1, -0.05) is 33.6 Å². The van der Waals surface area contributed by atoms with Gasteiger partial charge in [-0.15, -0.1) is 0 Å². The largest absolute Gasteiger partial charge is 0.339 e. The van der Waals surface area contributed by atoms with Gasteiger partial charge in [0.2, 0.25) is 5.91 Å². The summed E-state index contributed by atoms with van der Waals surface area (Å²) in [5, 5.41) is 0. The van der Waals surface area contributed by atoms with Crippen LogP contribution in [0.1, 0.15) is 59.3 Å². The third-order valence-electron chi connectivity index (χ3n) is 4.79. The highest BCUT2D eigenvalue weighted by molar-refractivity contribution is 5.79. The Kier molecular flexibility index (Phi) is 4.54. The predicted molar refractivity (Wildman–Crippen MR) is 78.7 cm³/mol. The van der Waals surface area contributed by atoms with Crippen LogP contribution in [0.2, 0.25) is 0 Å². The molecule has 19 heavy (non-hydrogen) atoms. The van der Waals surface area contributed by atoms with E-state index in [0.717, 1.165) is 18.9 Å². The van der Waals surface area contributed by atoms with Crippen LogP contribution in [0.25, 0.3) is 0 Å². The third kappa shape index (κ3) is 3.50. The fraction of sp³-hybridized carbons (Fsp3) is 0.938. The Morgan fingerprint density at radius 3 is 2.58 bits per heavy atom. The minimum Gasteiger partial charge on any atom is -0.339 e. The molecule has 3 atom stereocenters. The third-order valence-corrected chi connectivity index (χ3v) is 4.79. The Morgan fingerprint density at radius 1 is 1.26 bits per heavy atom. The van der Waals surface area contributed by atoms with E-state index in [-0.39, 0.29) is 11.3 Å². The zero-order valence-corrected chi connectivity index (χ0v) is 12.8. The molecule has 0 radical (unpaired) electrons. The first kappa shape index (κ1) is 14.8. The van der Waals surface area contributed by atoms with Crippen molar-refractivity contribution in [3.05, 3.63) is 0 Å². The smallest absolute Gasteiger partial charge is 0.227 e. The number of fused-ring (bicyclic) bond motifs is 1. The van der Waals surface area contributed by atoms with Gasteiger partial charge in [0.05, 0.1) is 5.92 Å². The number of nitrogens with zero attached hydrogens (tertiary/aromatic N) is 1. The summed E-state index contributed by atoms with van der Waals surface area (Å²) in [7, 11) is 0. The molecule has 0 bridgehead atoms. The molecule has 3 nitrogen and oxygen atoms in total. The van der Waals surface area contributed by atoms with Crippen molar-refractivity contribution < 1.29 is 4.79 Å². The molecule has 0 aromatic heterocycles. The second-order valence-corrected chi connectivity index (χ2v) is 7.63. The van der Waals surface area contributed by atoms with E-state index in [0.29, 0.717) is 18.5 Å². The Hall–Kier alpha value is -0.570. The molecule has 110 valence electrons. The van der Waals surface area contributed by atoms with E-state index >= 15 is 0 Å². The highest BCUT2D eigenvalue weighted by Crippen LogP contribution is 2.37. The van der Waals surface area contributed by atoms with Gasteiger partial charge in [0, 0.05) is 19.1 Å². The van der Waals surface area contributed by atoms with Crippen LogP contribution >= 0.6 is 0 Å². The monoisotopic (exact) mass is 266 g/mol. The summed E-state index contributed by atoms with van der Waals surface area (Å²) in [6.45, 7) is 8.03. The highest BCUT2D eigenvalue weighted by Gasteiger charge is 2.40. The molecule has 0 spiro atoms. The van der Waals surface area contributed by atoms with Gasteiger partial charge in [-0.2, -0.15) is 0 Å². The van der Waals surface area contributed by atoms with Crippen LogP contribution in [0.3, 0.4) is 0 Å². The summed E-state index contributed by atoms with van der Waals surface area (Å²) in [5.74, 6) is 1.11. The van der Waals surface area contributed by atoms with Crippen LogP contribution in [-0.2, 0) is 4.79 Å². The van der Waals surface area contributed by atoms with Crippen LogP contribution in [0.4, 0.5) is 0 Å². The molecule has 0 aromatic carbocycles. The summed E-state index contributed by atoms with van der Waals surface area (Å²) < 4.78 is 0. The van der Waals surface area contributed by atoms with Gasteiger partial charge >= 0.3 is 0 Å². The zero-order chi connectivity index (χ0) is 14.0. The molecule has 1 amide bonds. The molecule has 3 heteroatoms. The number of amides is 1. The van der Waals surface area contributed by atoms with Crippen molar-refractivity contribution in [3.63, 3.8) is 0 Å². The minimum atomic E-state index is 0.0145. The van der Waals surface area contributed by atoms with Gasteiger partial charge in [-0.3, -0.25) is 4.79 Å². The molecule has 2 fully saturated rings. The number of likely N-dealkylation sites (tertiary alicyclic amines) is 1. The molecule has 0 aromatic rings. The van der Waals surface area contributed by atoms with Crippen LogP contribution in [-0.4, -0.2) is 29.9 Å². The van der Waals surface area contributed by atoms with Crippen molar-refractivity contribution in [2.24, 2.45) is 23.0 Å². The molecule has 1 aliphatic carbocycles. The first-order chi connectivity index (χ1) is 8.92. The van der Waals surface area contributed by atoms with Crippen LogP contribution in [0.5, 0.6) is 0 Å². The standard InChI is InChI=1S/C16H30N2O/c1-16(2,3)10-13(11-17)15(19)18-9-8-12-6-4-5-7-14(12)18/h12-14H,4-11,17H2,1-3H3. The highest BCUT2D eigenvalue weighted by atomic mass is 16.2. The van der Waals surface area contributed by atoms with Gasteiger partial charge in [-0.25, -0.2) is 0 Å². The number of hydrogen-bond acceptors (Lipinski definition) is 2. The maximum absolute atomic E-state index is 12.8. The fourth-order valence-corrected chi connectivity index (χ4v) is 3.92. The number of carbonyl (C=O) groups is 1. The van der Waals surface area contributed by atoms with Crippen molar-refractivity contribution in [1.82, 2.24) is 4.90 Å². The summed E-state index contributed by atoms with van der Waals surface area (Å²) in [5.41, 5.74) is 6.04. The average molecular weight is 266 g/mol. The second kappa shape index (κ2) is 5.82. The maximum atomic E-state index is 12.8. The first-order valence-corrected chi connectivity index (χ1v) is 7.93. The first-order valence-electron chi connectivity index (χ1n) is 7.93. The molecule has 1 heterocycles. The molecule has 2 rings (SSSR count). The van der Waals surface area contributed by atoms with Crippen molar-refractivity contribution in [2.75, 3.05) is 13.1 Å². The number of carbonyl (C=O) groups excluding carboxylic acids is 1. The van der Waals surface area contributed by atoms with Crippen molar-refractivity contribution in [2.45, 2.75) is 65.3 Å². The van der Waals surface area contributed by atoms with Gasteiger partial charge in [0.15, 0.2) is 0 Å². The number of nitrogens with two attached hydrogens (primary N) is 1. The van der Waals surface area contributed by atoms with Crippen LogP contribution < -0.4 is 5.73 Å².